The number of aliphatic hydroxyl groups excluding tert-OH is 1. The number of carbonyl (C=O) groups excluding carboxylic acids is 1. The summed E-state index contributed by atoms with van der Waals surface area (Å²) in [5.41, 5.74) is 0.162. The van der Waals surface area contributed by atoms with Gasteiger partial charge in [0, 0.05) is 12.6 Å². The second-order valence-electron chi connectivity index (χ2n) is 4.21. The van der Waals surface area contributed by atoms with Gasteiger partial charge in [-0.2, -0.15) is 0 Å². The van der Waals surface area contributed by atoms with Gasteiger partial charge in [-0.05, 0) is 18.6 Å². The van der Waals surface area contributed by atoms with Gasteiger partial charge in [-0.15, -0.1) is 0 Å². The van der Waals surface area contributed by atoms with Crippen molar-refractivity contribution < 1.29 is 18.8 Å². The van der Waals surface area contributed by atoms with Crippen LogP contribution in [-0.4, -0.2) is 28.8 Å². The molecule has 0 aliphatic heterocycles. The number of hydrogen-bond donors (Lipinski definition) is 2. The molecule has 0 spiro atoms. The van der Waals surface area contributed by atoms with Crippen LogP contribution in [0.25, 0.3) is 11.5 Å². The average Bonchev–Trinajstić information content (AvgIpc) is 3.06. The lowest BCUT2D eigenvalue weighted by molar-refractivity contribution is 0.0901. The standard InChI is InChI=1S/C13H16N2O4/c1-2-4-9(16)8-14-13(17)10-7-12(19-15-10)11-5-3-6-18-11/h3,5-7,9,16H,2,4,8H2,1H3,(H,14,17). The van der Waals surface area contributed by atoms with Crippen molar-refractivity contribution in [3.63, 3.8) is 0 Å². The molecule has 2 heterocycles. The van der Waals surface area contributed by atoms with Gasteiger partial charge in [0.05, 0.1) is 12.4 Å². The number of aliphatic hydroxyl groups is 1. The monoisotopic (exact) mass is 264 g/mol. The van der Waals surface area contributed by atoms with Gasteiger partial charge < -0.3 is 19.4 Å². The van der Waals surface area contributed by atoms with Gasteiger partial charge in [0.15, 0.2) is 11.5 Å². The van der Waals surface area contributed by atoms with Gasteiger partial charge in [-0.1, -0.05) is 18.5 Å². The molecule has 0 radical (unpaired) electrons. The Labute approximate surface area is 110 Å². The topological polar surface area (TPSA) is 88.5 Å². The molecule has 0 aliphatic carbocycles. The predicted octanol–water partition coefficient (Wildman–Crippen LogP) is 1.83. The highest BCUT2D eigenvalue weighted by molar-refractivity contribution is 5.92. The first-order chi connectivity index (χ1) is 9.20. The lowest BCUT2D eigenvalue weighted by atomic mass is 10.2. The molecule has 2 aromatic heterocycles. The number of aromatic nitrogens is 1. The molecule has 6 heteroatoms. The van der Waals surface area contributed by atoms with Crippen molar-refractivity contribution in [2.75, 3.05) is 6.54 Å². The number of nitrogens with zero attached hydrogens (tertiary/aromatic N) is 1. The lowest BCUT2D eigenvalue weighted by Gasteiger charge is -2.09. The van der Waals surface area contributed by atoms with Gasteiger partial charge in [-0.3, -0.25) is 4.79 Å². The summed E-state index contributed by atoms with van der Waals surface area (Å²) in [6.45, 7) is 2.17. The summed E-state index contributed by atoms with van der Waals surface area (Å²) in [5.74, 6) is 0.526. The largest absolute Gasteiger partial charge is 0.461 e. The zero-order valence-corrected chi connectivity index (χ0v) is 10.6. The molecule has 0 fully saturated rings. The molecule has 2 N–H and O–H groups in total. The molecule has 0 bridgehead atoms. The number of rotatable bonds is 6. The van der Waals surface area contributed by atoms with E-state index < -0.39 is 6.10 Å². The molecule has 0 aromatic carbocycles. The normalized spacial score (nSPS) is 12.3. The van der Waals surface area contributed by atoms with Crippen molar-refractivity contribution in [2.45, 2.75) is 25.9 Å². The fourth-order valence-electron chi connectivity index (χ4n) is 1.65. The van der Waals surface area contributed by atoms with Gasteiger partial charge in [-0.25, -0.2) is 0 Å². The Morgan fingerprint density at radius 3 is 3.05 bits per heavy atom. The minimum Gasteiger partial charge on any atom is -0.461 e. The average molecular weight is 264 g/mol. The Kier molecular flexibility index (Phi) is 4.35. The maximum absolute atomic E-state index is 11.8. The van der Waals surface area contributed by atoms with Crippen molar-refractivity contribution >= 4 is 5.91 Å². The van der Waals surface area contributed by atoms with Crippen LogP contribution in [0.1, 0.15) is 30.3 Å². The second kappa shape index (κ2) is 6.19. The first-order valence-corrected chi connectivity index (χ1v) is 6.17. The van der Waals surface area contributed by atoms with Crippen LogP contribution in [0.2, 0.25) is 0 Å². The molecule has 0 saturated heterocycles. The summed E-state index contributed by atoms with van der Waals surface area (Å²) in [5, 5.41) is 15.8. The van der Waals surface area contributed by atoms with E-state index in [0.717, 1.165) is 6.42 Å². The van der Waals surface area contributed by atoms with E-state index in [-0.39, 0.29) is 18.1 Å². The van der Waals surface area contributed by atoms with Crippen molar-refractivity contribution in [3.8, 4) is 11.5 Å². The minimum absolute atomic E-state index is 0.162. The third kappa shape index (κ3) is 3.45. The van der Waals surface area contributed by atoms with Crippen LogP contribution < -0.4 is 5.32 Å². The van der Waals surface area contributed by atoms with E-state index in [1.807, 2.05) is 6.92 Å². The Balaban J connectivity index is 1.93. The maximum Gasteiger partial charge on any atom is 0.273 e. The Hall–Kier alpha value is -2.08. The summed E-state index contributed by atoms with van der Waals surface area (Å²) in [7, 11) is 0. The van der Waals surface area contributed by atoms with Gasteiger partial charge >= 0.3 is 0 Å². The molecule has 102 valence electrons. The molecule has 1 atom stereocenters. The van der Waals surface area contributed by atoms with E-state index in [0.29, 0.717) is 17.9 Å². The molecule has 0 saturated carbocycles. The Bertz CT molecular complexity index is 518. The highest BCUT2D eigenvalue weighted by atomic mass is 16.5. The number of nitrogens with one attached hydrogen (secondary N) is 1. The summed E-state index contributed by atoms with van der Waals surface area (Å²) in [6.07, 6.45) is 2.49. The quantitative estimate of drug-likeness (QED) is 0.830. The smallest absolute Gasteiger partial charge is 0.273 e. The molecule has 2 rings (SSSR count). The van der Waals surface area contributed by atoms with E-state index in [4.69, 9.17) is 8.94 Å². The third-order valence-corrected chi connectivity index (χ3v) is 2.63. The number of amides is 1. The van der Waals surface area contributed by atoms with Crippen LogP contribution in [0.4, 0.5) is 0 Å². The van der Waals surface area contributed by atoms with Gasteiger partial charge in [0.2, 0.25) is 5.76 Å². The highest BCUT2D eigenvalue weighted by Crippen LogP contribution is 2.20. The Morgan fingerprint density at radius 2 is 2.37 bits per heavy atom. The minimum atomic E-state index is -0.537. The van der Waals surface area contributed by atoms with E-state index in [9.17, 15) is 9.90 Å². The van der Waals surface area contributed by atoms with Crippen LogP contribution in [0.15, 0.2) is 33.4 Å². The van der Waals surface area contributed by atoms with Gasteiger partial charge in [0.25, 0.3) is 5.91 Å². The van der Waals surface area contributed by atoms with Crippen molar-refractivity contribution in [1.82, 2.24) is 10.5 Å². The molecule has 1 amide bonds. The summed E-state index contributed by atoms with van der Waals surface area (Å²) in [6, 6.07) is 4.94. The second-order valence-corrected chi connectivity index (χ2v) is 4.21. The zero-order valence-electron chi connectivity index (χ0n) is 10.6. The summed E-state index contributed by atoms with van der Waals surface area (Å²) in [4.78, 5) is 11.8. The highest BCUT2D eigenvalue weighted by Gasteiger charge is 2.15. The molecule has 6 nitrogen and oxygen atoms in total. The van der Waals surface area contributed by atoms with Gasteiger partial charge in [0.1, 0.15) is 0 Å². The van der Waals surface area contributed by atoms with E-state index in [1.54, 1.807) is 12.1 Å². The van der Waals surface area contributed by atoms with Crippen molar-refractivity contribution in [2.24, 2.45) is 0 Å². The maximum atomic E-state index is 11.8. The third-order valence-electron chi connectivity index (χ3n) is 2.63. The van der Waals surface area contributed by atoms with Crippen molar-refractivity contribution in [3.05, 3.63) is 30.2 Å². The van der Waals surface area contributed by atoms with Crippen LogP contribution in [0.3, 0.4) is 0 Å². The molecular weight excluding hydrogens is 248 g/mol. The van der Waals surface area contributed by atoms with E-state index in [2.05, 4.69) is 10.5 Å². The van der Waals surface area contributed by atoms with E-state index in [1.165, 1.54) is 12.3 Å². The predicted molar refractivity (Wildman–Crippen MR) is 67.5 cm³/mol. The molecule has 0 aliphatic rings. The summed E-state index contributed by atoms with van der Waals surface area (Å²) >= 11 is 0. The Morgan fingerprint density at radius 1 is 1.53 bits per heavy atom. The lowest BCUT2D eigenvalue weighted by Crippen LogP contribution is -2.32. The van der Waals surface area contributed by atoms with Crippen molar-refractivity contribution in [1.29, 1.82) is 0 Å². The first kappa shape index (κ1) is 13.4. The molecule has 1 unspecified atom stereocenters. The first-order valence-electron chi connectivity index (χ1n) is 6.17. The number of hydrogen-bond acceptors (Lipinski definition) is 5. The van der Waals surface area contributed by atoms with Crippen LogP contribution >= 0.6 is 0 Å². The fourth-order valence-corrected chi connectivity index (χ4v) is 1.65. The number of carbonyl (C=O) groups is 1. The van der Waals surface area contributed by atoms with Crippen LogP contribution in [-0.2, 0) is 0 Å². The molecule has 19 heavy (non-hydrogen) atoms. The van der Waals surface area contributed by atoms with E-state index >= 15 is 0 Å². The van der Waals surface area contributed by atoms with Crippen LogP contribution in [0, 0.1) is 0 Å². The summed E-state index contributed by atoms with van der Waals surface area (Å²) < 4.78 is 10.2. The fraction of sp³-hybridized carbons (Fsp3) is 0.385. The zero-order chi connectivity index (χ0) is 13.7. The number of furan rings is 1. The van der Waals surface area contributed by atoms with Crippen LogP contribution in [0.5, 0.6) is 0 Å². The SMILES string of the molecule is CCCC(O)CNC(=O)c1cc(-c2ccco2)on1. The molecule has 2 aromatic rings. The molecular formula is C13H16N2O4.